The number of carbonyl (C=O) groups is 1. The number of rotatable bonds is 5. The van der Waals surface area contributed by atoms with Crippen molar-refractivity contribution < 1.29 is 9.53 Å². The molecule has 2 aromatic rings. The summed E-state index contributed by atoms with van der Waals surface area (Å²) in [4.78, 5) is 12.4. The van der Waals surface area contributed by atoms with E-state index >= 15 is 0 Å². The molecule has 0 saturated heterocycles. The van der Waals surface area contributed by atoms with Gasteiger partial charge in [0.2, 0.25) is 0 Å². The van der Waals surface area contributed by atoms with Crippen LogP contribution < -0.4 is 5.73 Å². The zero-order chi connectivity index (χ0) is 15.2. The molecule has 21 heavy (non-hydrogen) atoms. The maximum atomic E-state index is 11.4. The molecule has 0 aliphatic carbocycles. The summed E-state index contributed by atoms with van der Waals surface area (Å²) in [6.07, 6.45) is 0.276. The minimum atomic E-state index is -0.241. The zero-order valence-electron chi connectivity index (χ0n) is 11.6. The molecule has 0 heterocycles. The van der Waals surface area contributed by atoms with Gasteiger partial charge in [-0.15, -0.1) is 11.8 Å². The molecule has 0 amide bonds. The molecule has 0 aliphatic rings. The Hall–Kier alpha value is -1.65. The number of methoxy groups -OCH3 is 1. The summed E-state index contributed by atoms with van der Waals surface area (Å²) in [7, 11) is 1.40. The molecule has 0 radical (unpaired) electrons. The fraction of sp³-hybridized carbons (Fsp3) is 0.188. The van der Waals surface area contributed by atoms with Crippen molar-refractivity contribution in [1.29, 1.82) is 0 Å². The predicted molar refractivity (Wildman–Crippen MR) is 87.6 cm³/mol. The number of halogens is 1. The van der Waals surface area contributed by atoms with E-state index in [9.17, 15) is 4.79 Å². The average Bonchev–Trinajstić information content (AvgIpc) is 2.49. The first-order chi connectivity index (χ1) is 10.1. The van der Waals surface area contributed by atoms with Crippen LogP contribution in [0.2, 0.25) is 5.02 Å². The Kier molecular flexibility index (Phi) is 5.53. The van der Waals surface area contributed by atoms with Gasteiger partial charge >= 0.3 is 5.97 Å². The number of esters is 1. The van der Waals surface area contributed by atoms with Crippen LogP contribution in [-0.2, 0) is 21.7 Å². The second-order valence-electron chi connectivity index (χ2n) is 4.49. The van der Waals surface area contributed by atoms with Crippen LogP contribution in [0.5, 0.6) is 0 Å². The van der Waals surface area contributed by atoms with Gasteiger partial charge in [0.1, 0.15) is 0 Å². The number of thioether (sulfide) groups is 1. The third-order valence-electron chi connectivity index (χ3n) is 3.04. The summed E-state index contributed by atoms with van der Waals surface area (Å²) in [6.45, 7) is 0. The molecule has 0 aliphatic heterocycles. The van der Waals surface area contributed by atoms with E-state index in [0.717, 1.165) is 21.8 Å². The molecule has 0 saturated carbocycles. The van der Waals surface area contributed by atoms with Crippen molar-refractivity contribution in [1.82, 2.24) is 0 Å². The van der Waals surface area contributed by atoms with Crippen molar-refractivity contribution >= 4 is 35.0 Å². The van der Waals surface area contributed by atoms with Gasteiger partial charge in [-0.05, 0) is 29.3 Å². The molecule has 0 atom stereocenters. The van der Waals surface area contributed by atoms with Crippen LogP contribution in [-0.4, -0.2) is 13.1 Å². The lowest BCUT2D eigenvalue weighted by molar-refractivity contribution is -0.139. The lowest BCUT2D eigenvalue weighted by Gasteiger charge is -2.10. The Morgan fingerprint density at radius 3 is 2.67 bits per heavy atom. The Labute approximate surface area is 133 Å². The molecule has 0 aromatic heterocycles. The quantitative estimate of drug-likeness (QED) is 0.515. The second kappa shape index (κ2) is 7.38. The van der Waals surface area contributed by atoms with Gasteiger partial charge in [0.05, 0.1) is 13.5 Å². The van der Waals surface area contributed by atoms with E-state index in [4.69, 9.17) is 22.1 Å². The van der Waals surface area contributed by atoms with Gasteiger partial charge < -0.3 is 10.5 Å². The summed E-state index contributed by atoms with van der Waals surface area (Å²) >= 11 is 7.59. The van der Waals surface area contributed by atoms with Crippen molar-refractivity contribution in [3.63, 3.8) is 0 Å². The van der Waals surface area contributed by atoms with E-state index in [1.54, 1.807) is 23.9 Å². The minimum Gasteiger partial charge on any atom is -0.469 e. The highest BCUT2D eigenvalue weighted by atomic mass is 35.5. The fourth-order valence-electron chi connectivity index (χ4n) is 1.89. The van der Waals surface area contributed by atoms with E-state index < -0.39 is 0 Å². The Balaban J connectivity index is 2.13. The molecular weight excluding hydrogens is 306 g/mol. The monoisotopic (exact) mass is 321 g/mol. The normalized spacial score (nSPS) is 10.4. The van der Waals surface area contributed by atoms with Crippen LogP contribution >= 0.6 is 23.4 Å². The van der Waals surface area contributed by atoms with E-state index in [0.29, 0.717) is 10.7 Å². The molecule has 0 fully saturated rings. The van der Waals surface area contributed by atoms with Gasteiger partial charge in [0.25, 0.3) is 0 Å². The molecular formula is C16H16ClNO2S. The van der Waals surface area contributed by atoms with Crippen molar-refractivity contribution in [3.05, 3.63) is 58.6 Å². The molecule has 0 unspecified atom stereocenters. The predicted octanol–water partition coefficient (Wildman–Crippen LogP) is 3.93. The number of nitrogen functional groups attached to an aromatic ring is 1. The largest absolute Gasteiger partial charge is 0.469 e. The van der Waals surface area contributed by atoms with E-state index in [2.05, 4.69) is 0 Å². The summed E-state index contributed by atoms with van der Waals surface area (Å²) in [5, 5.41) is 0.662. The van der Waals surface area contributed by atoms with Gasteiger partial charge in [-0.2, -0.15) is 0 Å². The van der Waals surface area contributed by atoms with Crippen molar-refractivity contribution in [2.75, 3.05) is 12.8 Å². The highest BCUT2D eigenvalue weighted by Crippen LogP contribution is 2.31. The van der Waals surface area contributed by atoms with Crippen LogP contribution in [0.15, 0.2) is 47.4 Å². The van der Waals surface area contributed by atoms with E-state index in [1.807, 2.05) is 30.3 Å². The van der Waals surface area contributed by atoms with Crippen LogP contribution in [0.1, 0.15) is 11.1 Å². The molecule has 0 spiro atoms. The fourth-order valence-corrected chi connectivity index (χ4v) is 3.16. The standard InChI is InChI=1S/C16H16ClNO2S/c1-20-16(19)8-11-4-2-3-5-12(11)10-21-15-9-13(17)6-7-14(15)18/h2-7,9H,8,10,18H2,1H3. The summed E-state index contributed by atoms with van der Waals surface area (Å²) in [5.41, 5.74) is 8.70. The first-order valence-electron chi connectivity index (χ1n) is 6.41. The third-order valence-corrected chi connectivity index (χ3v) is 4.39. The highest BCUT2D eigenvalue weighted by molar-refractivity contribution is 7.98. The zero-order valence-corrected chi connectivity index (χ0v) is 13.2. The maximum Gasteiger partial charge on any atom is 0.309 e. The van der Waals surface area contributed by atoms with Crippen molar-refractivity contribution in [3.8, 4) is 0 Å². The molecule has 2 aromatic carbocycles. The smallest absolute Gasteiger partial charge is 0.309 e. The first-order valence-corrected chi connectivity index (χ1v) is 7.78. The van der Waals surface area contributed by atoms with Crippen molar-refractivity contribution in [2.24, 2.45) is 0 Å². The highest BCUT2D eigenvalue weighted by Gasteiger charge is 2.09. The molecule has 3 nitrogen and oxygen atoms in total. The number of anilines is 1. The van der Waals surface area contributed by atoms with Gasteiger partial charge in [-0.25, -0.2) is 0 Å². The third kappa shape index (κ3) is 4.41. The summed E-state index contributed by atoms with van der Waals surface area (Å²) in [5.74, 6) is 0.479. The summed E-state index contributed by atoms with van der Waals surface area (Å²) in [6, 6.07) is 13.2. The van der Waals surface area contributed by atoms with E-state index in [-0.39, 0.29) is 12.4 Å². The SMILES string of the molecule is COC(=O)Cc1ccccc1CSc1cc(Cl)ccc1N. The number of carbonyl (C=O) groups excluding carboxylic acids is 1. The van der Waals surface area contributed by atoms with Gasteiger partial charge in [-0.3, -0.25) is 4.79 Å². The topological polar surface area (TPSA) is 52.3 Å². The van der Waals surface area contributed by atoms with Gasteiger partial charge in [0.15, 0.2) is 0 Å². The first kappa shape index (κ1) is 15.7. The van der Waals surface area contributed by atoms with Gasteiger partial charge in [0, 0.05) is 21.4 Å². The number of nitrogens with two attached hydrogens (primary N) is 1. The number of hydrogen-bond donors (Lipinski definition) is 1. The maximum absolute atomic E-state index is 11.4. The van der Waals surface area contributed by atoms with Crippen LogP contribution in [0.4, 0.5) is 5.69 Å². The Bertz CT molecular complexity index is 646. The second-order valence-corrected chi connectivity index (χ2v) is 5.95. The molecule has 5 heteroatoms. The molecule has 110 valence electrons. The number of ether oxygens (including phenoxy) is 1. The lowest BCUT2D eigenvalue weighted by atomic mass is 10.1. The van der Waals surface area contributed by atoms with Crippen molar-refractivity contribution in [2.45, 2.75) is 17.1 Å². The molecule has 0 bridgehead atoms. The van der Waals surface area contributed by atoms with Gasteiger partial charge in [-0.1, -0.05) is 35.9 Å². The van der Waals surface area contributed by atoms with E-state index in [1.165, 1.54) is 7.11 Å². The molecule has 2 rings (SSSR count). The van der Waals surface area contributed by atoms with Crippen LogP contribution in [0.3, 0.4) is 0 Å². The Morgan fingerprint density at radius 1 is 1.24 bits per heavy atom. The number of hydrogen-bond acceptors (Lipinski definition) is 4. The average molecular weight is 322 g/mol. The molecule has 2 N–H and O–H groups in total. The summed E-state index contributed by atoms with van der Waals surface area (Å²) < 4.78 is 4.72. The van der Waals surface area contributed by atoms with Crippen LogP contribution in [0, 0.1) is 0 Å². The lowest BCUT2D eigenvalue weighted by Crippen LogP contribution is -2.06. The Morgan fingerprint density at radius 2 is 1.95 bits per heavy atom. The van der Waals surface area contributed by atoms with Crippen LogP contribution in [0.25, 0.3) is 0 Å². The number of benzene rings is 2. The minimum absolute atomic E-state index is 0.241.